The van der Waals surface area contributed by atoms with Crippen LogP contribution in [-0.4, -0.2) is 147 Å². The number of primary amides is 1. The number of amides is 2. The van der Waals surface area contributed by atoms with Crippen molar-refractivity contribution in [2.75, 3.05) is 27.3 Å². The van der Waals surface area contributed by atoms with E-state index in [-0.39, 0.29) is 38.4 Å². The number of alkyl halides is 1. The standard InChI is InChI=1S/C43H63FN6O12/c1-12-32-43(9,56)37-24(4)33(47-26(6)51)22(2)17-41(7,58-21-29(20-57-37)48-59-19-27-13-14-28-18-46-50(40(45)55)30(28)16-27)36(25(5)35(53)42(8,44)39(54)61-32)62-38-34(52)31(49(10)11)15-23(3)60-38/h13-14,16,18,22-25,31-32,34,36-38,52,56H,12,15,17,19-21H2,1-11H3,(H2,45,55)/b47-33?,48-29+/t22-,23-,24+,25+,31+,32-,34-,36-,37+,38+,41-,42+,43-/m1/s1. The maximum Gasteiger partial charge on any atom is 0.351 e. The monoisotopic (exact) mass is 874 g/mol. The van der Waals surface area contributed by atoms with Crippen molar-refractivity contribution in [2.24, 2.45) is 33.6 Å². The van der Waals surface area contributed by atoms with E-state index >= 15 is 4.39 Å². The van der Waals surface area contributed by atoms with Gasteiger partial charge in [0.25, 0.3) is 5.67 Å². The van der Waals surface area contributed by atoms with Crippen LogP contribution < -0.4 is 5.73 Å². The molecule has 0 spiro atoms. The number of rotatable bonds is 7. The molecule has 3 aliphatic rings. The summed E-state index contributed by atoms with van der Waals surface area (Å²) >= 11 is 0. The zero-order valence-electron chi connectivity index (χ0n) is 37.5. The smallest absolute Gasteiger partial charge is 0.351 e. The average Bonchev–Trinajstić information content (AvgIpc) is 3.62. The number of aliphatic hydroxyl groups is 2. The number of benzene rings is 1. The third-order valence-corrected chi connectivity index (χ3v) is 12.4. The number of Topliss-reactive ketones (excluding diaryl/α,β-unsaturated/α-hetero) is 1. The molecule has 0 saturated carbocycles. The molecular formula is C43H63FN6O12. The lowest BCUT2D eigenvalue weighted by Gasteiger charge is -2.47. The highest BCUT2D eigenvalue weighted by molar-refractivity contribution is 6.08. The Morgan fingerprint density at radius 1 is 1.11 bits per heavy atom. The molecule has 62 heavy (non-hydrogen) atoms. The van der Waals surface area contributed by atoms with Crippen LogP contribution in [-0.2, 0) is 49.5 Å². The largest absolute Gasteiger partial charge is 0.457 e. The third kappa shape index (κ3) is 10.2. The van der Waals surface area contributed by atoms with Gasteiger partial charge in [-0.05, 0) is 78.6 Å². The predicted octanol–water partition coefficient (Wildman–Crippen LogP) is 3.49. The molecule has 0 radical (unpaired) electrons. The number of ether oxygens (including phenoxy) is 5. The molecule has 13 atom stereocenters. The van der Waals surface area contributed by atoms with Gasteiger partial charge in [0.1, 0.15) is 30.1 Å². The normalized spacial score (nSPS) is 38.0. The van der Waals surface area contributed by atoms with Gasteiger partial charge in [0.2, 0.25) is 5.91 Å². The number of oxime groups is 1. The van der Waals surface area contributed by atoms with Gasteiger partial charge in [-0.25, -0.2) is 19.0 Å². The SMILES string of the molecule is CC[C@H]1OC(=O)[C@@](C)(F)C(=O)[C@H](C)[C@@H](O[C@@H]2O[C@H](C)C[C@H](N(C)C)[C@H]2O)[C@@]2(C)C[C@@H](C)C(=NC(C)=O)[C@H](C)[C@H](OC/C(=N\OCc3ccc4cnn(C(N)=O)c4c3)CO2)[C@]1(C)O. The number of halogens is 1. The number of hydrogen-bond acceptors (Lipinski definition) is 15. The summed E-state index contributed by atoms with van der Waals surface area (Å²) in [6, 6.07) is 4.00. The van der Waals surface area contributed by atoms with Crippen LogP contribution in [0.2, 0.25) is 0 Å². The van der Waals surface area contributed by atoms with Crippen LogP contribution in [0.1, 0.15) is 87.1 Å². The van der Waals surface area contributed by atoms with E-state index in [0.717, 1.165) is 11.6 Å². The van der Waals surface area contributed by atoms with Crippen LogP contribution in [0.15, 0.2) is 34.5 Å². The zero-order chi connectivity index (χ0) is 46.1. The van der Waals surface area contributed by atoms with Crippen molar-refractivity contribution in [3.05, 3.63) is 30.0 Å². The fourth-order valence-electron chi connectivity index (χ4n) is 9.14. The number of aliphatic hydroxyl groups excluding tert-OH is 1. The Hall–Kier alpha value is -4.24. The third-order valence-electron chi connectivity index (χ3n) is 12.4. The lowest BCUT2D eigenvalue weighted by molar-refractivity contribution is -0.296. The Bertz CT molecular complexity index is 2040. The summed E-state index contributed by atoms with van der Waals surface area (Å²) in [4.78, 5) is 65.2. The average molecular weight is 875 g/mol. The Kier molecular flexibility index (Phi) is 15.1. The van der Waals surface area contributed by atoms with Gasteiger partial charge in [0.15, 0.2) is 12.1 Å². The number of carbonyl (C=O) groups excluding carboxylic acids is 4. The molecule has 2 amide bonds. The number of nitrogens with two attached hydrogens (primary N) is 1. The molecular weight excluding hydrogens is 812 g/mol. The van der Waals surface area contributed by atoms with E-state index in [4.69, 9.17) is 34.3 Å². The molecule has 18 nitrogen and oxygen atoms in total. The number of aliphatic imine (C=N–C) groups is 1. The van der Waals surface area contributed by atoms with Gasteiger partial charge >= 0.3 is 12.0 Å². The Morgan fingerprint density at radius 2 is 1.81 bits per heavy atom. The molecule has 1 aromatic heterocycles. The van der Waals surface area contributed by atoms with Crippen molar-refractivity contribution < 1.29 is 62.3 Å². The molecule has 0 aliphatic carbocycles. The fourth-order valence-corrected chi connectivity index (χ4v) is 9.14. The summed E-state index contributed by atoms with van der Waals surface area (Å²) in [5.41, 5.74) is 0.0966. The van der Waals surface area contributed by atoms with E-state index in [1.54, 1.807) is 60.0 Å². The fraction of sp³-hybridized carbons (Fsp3) is 0.698. The summed E-state index contributed by atoms with van der Waals surface area (Å²) in [6.07, 6.45) is -5.20. The molecule has 4 N–H and O–H groups in total. The summed E-state index contributed by atoms with van der Waals surface area (Å²) in [5, 5.41) is 33.1. The first-order valence-electron chi connectivity index (χ1n) is 21.0. The second-order valence-corrected chi connectivity index (χ2v) is 17.8. The van der Waals surface area contributed by atoms with Gasteiger partial charge < -0.3 is 49.4 Å². The van der Waals surface area contributed by atoms with Crippen molar-refractivity contribution in [3.63, 3.8) is 0 Å². The van der Waals surface area contributed by atoms with E-state index in [9.17, 15) is 29.4 Å². The first-order valence-corrected chi connectivity index (χ1v) is 21.0. The van der Waals surface area contributed by atoms with Gasteiger partial charge in [-0.2, -0.15) is 9.78 Å². The van der Waals surface area contributed by atoms with Crippen LogP contribution >= 0.6 is 0 Å². The van der Waals surface area contributed by atoms with Crippen LogP contribution in [0.5, 0.6) is 0 Å². The number of cyclic esters (lactones) is 1. The number of hydrogen-bond donors (Lipinski definition) is 3. The lowest BCUT2D eigenvalue weighted by atomic mass is 9.73. The number of esters is 1. The highest BCUT2D eigenvalue weighted by Crippen LogP contribution is 2.41. The minimum absolute atomic E-state index is 0.0254. The predicted molar refractivity (Wildman–Crippen MR) is 224 cm³/mol. The molecule has 344 valence electrons. The van der Waals surface area contributed by atoms with Crippen molar-refractivity contribution in [2.45, 2.75) is 148 Å². The van der Waals surface area contributed by atoms with Gasteiger partial charge in [-0.15, -0.1) is 0 Å². The highest BCUT2D eigenvalue weighted by atomic mass is 19.1. The molecule has 3 fully saturated rings. The molecule has 5 rings (SSSR count). The maximum absolute atomic E-state index is 16.9. The summed E-state index contributed by atoms with van der Waals surface area (Å²) in [5.74, 6) is -6.25. The summed E-state index contributed by atoms with van der Waals surface area (Å²) < 4.78 is 49.8. The van der Waals surface area contributed by atoms with Crippen LogP contribution in [0, 0.1) is 17.8 Å². The minimum Gasteiger partial charge on any atom is -0.457 e. The number of fused-ring (bicyclic) bond motifs is 6. The lowest BCUT2D eigenvalue weighted by Crippen LogP contribution is -2.61. The zero-order valence-corrected chi connectivity index (χ0v) is 37.5. The highest BCUT2D eigenvalue weighted by Gasteiger charge is 2.56. The molecule has 0 unspecified atom stereocenters. The van der Waals surface area contributed by atoms with Gasteiger partial charge in [0, 0.05) is 35.9 Å². The Labute approximate surface area is 361 Å². The quantitative estimate of drug-likeness (QED) is 0.205. The molecule has 1 aromatic carbocycles. The topological polar surface area (TPSA) is 236 Å². The molecule has 19 heteroatoms. The maximum atomic E-state index is 16.9. The molecule has 2 aromatic rings. The Morgan fingerprint density at radius 3 is 2.44 bits per heavy atom. The van der Waals surface area contributed by atoms with Gasteiger partial charge in [-0.1, -0.05) is 45.0 Å². The van der Waals surface area contributed by atoms with Crippen molar-refractivity contribution in [1.82, 2.24) is 14.7 Å². The van der Waals surface area contributed by atoms with Crippen molar-refractivity contribution in [1.29, 1.82) is 0 Å². The number of carbonyl (C=O) groups is 4. The number of nitrogens with zero attached hydrogens (tertiary/aromatic N) is 5. The summed E-state index contributed by atoms with van der Waals surface area (Å²) in [6.45, 7) is 12.7. The van der Waals surface area contributed by atoms with Crippen LogP contribution in [0.3, 0.4) is 0 Å². The molecule has 3 aliphatic heterocycles. The van der Waals surface area contributed by atoms with E-state index in [0.29, 0.717) is 28.6 Å². The van der Waals surface area contributed by atoms with Crippen LogP contribution in [0.25, 0.3) is 10.9 Å². The number of likely N-dealkylation sites (N-methyl/N-ethyl adjacent to an activating group) is 1. The van der Waals surface area contributed by atoms with Gasteiger partial charge in [0.05, 0.1) is 48.8 Å². The molecule has 4 heterocycles. The van der Waals surface area contributed by atoms with E-state index in [2.05, 4.69) is 15.2 Å². The van der Waals surface area contributed by atoms with E-state index < -0.39 is 101 Å². The van der Waals surface area contributed by atoms with Gasteiger partial charge in [-0.3, -0.25) is 9.59 Å². The second-order valence-electron chi connectivity index (χ2n) is 17.8. The summed E-state index contributed by atoms with van der Waals surface area (Å²) in [7, 11) is 3.61. The van der Waals surface area contributed by atoms with E-state index in [1.165, 1.54) is 27.0 Å². The van der Waals surface area contributed by atoms with Crippen LogP contribution in [0.4, 0.5) is 9.18 Å². The number of ketones is 1. The Balaban J connectivity index is 1.68. The number of aromatic nitrogens is 2. The molecule has 2 bridgehead atoms. The van der Waals surface area contributed by atoms with Crippen molar-refractivity contribution in [3.8, 4) is 0 Å². The first kappa shape index (κ1) is 48.8. The first-order chi connectivity index (χ1) is 28.9. The second kappa shape index (κ2) is 19.2. The molecule has 3 saturated heterocycles. The minimum atomic E-state index is -3.24. The van der Waals surface area contributed by atoms with Crippen molar-refractivity contribution >= 4 is 46.0 Å². The van der Waals surface area contributed by atoms with E-state index in [1.807, 2.05) is 11.8 Å².